The molecule has 1 aliphatic heterocycles. The Bertz CT molecular complexity index is 906. The fraction of sp³-hybridized carbons (Fsp3) is 0.0952. The second-order valence-corrected chi connectivity index (χ2v) is 5.77. The fourth-order valence-electron chi connectivity index (χ4n) is 2.85. The zero-order valence-electron chi connectivity index (χ0n) is 13.6. The van der Waals surface area contributed by atoms with Gasteiger partial charge in [0, 0.05) is 23.0 Å². The zero-order chi connectivity index (χ0) is 17.1. The van der Waals surface area contributed by atoms with Crippen LogP contribution in [0.25, 0.3) is 11.1 Å². The third kappa shape index (κ3) is 3.19. The lowest BCUT2D eigenvalue weighted by Crippen LogP contribution is -2.15. The highest BCUT2D eigenvalue weighted by Crippen LogP contribution is 2.34. The number of carbonyl (C=O) groups excluding carboxylic acids is 1. The molecule has 0 bridgehead atoms. The number of rotatable bonds is 4. The van der Waals surface area contributed by atoms with Gasteiger partial charge in [-0.15, -0.1) is 0 Å². The Balaban J connectivity index is 1.68. The molecule has 1 heterocycles. The van der Waals surface area contributed by atoms with E-state index in [1.807, 2.05) is 66.7 Å². The van der Waals surface area contributed by atoms with Crippen molar-refractivity contribution in [2.75, 3.05) is 18.5 Å². The molecule has 1 N–H and O–H groups in total. The summed E-state index contributed by atoms with van der Waals surface area (Å²) in [5.74, 6) is 1.45. The second kappa shape index (κ2) is 6.69. The van der Waals surface area contributed by atoms with E-state index in [2.05, 4.69) is 5.32 Å². The van der Waals surface area contributed by atoms with E-state index in [1.54, 1.807) is 0 Å². The van der Waals surface area contributed by atoms with Gasteiger partial charge >= 0.3 is 0 Å². The third-order valence-corrected chi connectivity index (χ3v) is 4.11. The van der Waals surface area contributed by atoms with E-state index >= 15 is 0 Å². The van der Waals surface area contributed by atoms with Crippen molar-refractivity contribution in [2.24, 2.45) is 0 Å². The molecule has 3 aromatic carbocycles. The van der Waals surface area contributed by atoms with Crippen molar-refractivity contribution in [1.82, 2.24) is 0 Å². The molecule has 124 valence electrons. The van der Waals surface area contributed by atoms with Crippen LogP contribution in [0.1, 0.15) is 10.4 Å². The lowest BCUT2D eigenvalue weighted by Gasteiger charge is -2.19. The van der Waals surface area contributed by atoms with Crippen LogP contribution < -0.4 is 14.8 Å². The van der Waals surface area contributed by atoms with E-state index in [-0.39, 0.29) is 0 Å². The van der Waals surface area contributed by atoms with Crippen molar-refractivity contribution in [2.45, 2.75) is 0 Å². The number of carbonyl (C=O) groups is 1. The molecule has 1 aliphatic rings. The normalized spacial score (nSPS) is 12.5. The molecule has 4 nitrogen and oxygen atoms in total. The highest BCUT2D eigenvalue weighted by atomic mass is 16.6. The summed E-state index contributed by atoms with van der Waals surface area (Å²) in [6.07, 6.45) is 0.856. The molecule has 0 fully saturated rings. The molecule has 0 atom stereocenters. The van der Waals surface area contributed by atoms with Crippen LogP contribution in [0.2, 0.25) is 0 Å². The quantitative estimate of drug-likeness (QED) is 0.705. The maximum atomic E-state index is 11.4. The summed E-state index contributed by atoms with van der Waals surface area (Å²) in [5, 5.41) is 3.32. The number of aldehydes is 1. The Kier molecular flexibility index (Phi) is 4.09. The van der Waals surface area contributed by atoms with Gasteiger partial charge in [-0.25, -0.2) is 0 Å². The Morgan fingerprint density at radius 2 is 1.60 bits per heavy atom. The Morgan fingerprint density at radius 1 is 0.800 bits per heavy atom. The largest absolute Gasteiger partial charge is 0.486 e. The number of nitrogens with one attached hydrogen (secondary N) is 1. The topological polar surface area (TPSA) is 47.6 Å². The van der Waals surface area contributed by atoms with E-state index in [9.17, 15) is 4.79 Å². The van der Waals surface area contributed by atoms with Gasteiger partial charge in [0.15, 0.2) is 17.8 Å². The highest BCUT2D eigenvalue weighted by molar-refractivity contribution is 5.88. The molecule has 0 amide bonds. The van der Waals surface area contributed by atoms with Crippen LogP contribution in [0.5, 0.6) is 11.5 Å². The lowest BCUT2D eigenvalue weighted by atomic mass is 10.0. The van der Waals surface area contributed by atoms with Crippen LogP contribution >= 0.6 is 0 Å². The van der Waals surface area contributed by atoms with E-state index in [0.717, 1.165) is 34.5 Å². The Morgan fingerprint density at radius 3 is 2.40 bits per heavy atom. The number of benzene rings is 3. The second-order valence-electron chi connectivity index (χ2n) is 5.77. The molecular weight excluding hydrogens is 314 g/mol. The average Bonchev–Trinajstić information content (AvgIpc) is 2.68. The predicted molar refractivity (Wildman–Crippen MR) is 98.0 cm³/mol. The number of hydrogen-bond donors (Lipinski definition) is 1. The fourth-order valence-corrected chi connectivity index (χ4v) is 2.85. The number of hydrogen-bond acceptors (Lipinski definition) is 4. The minimum Gasteiger partial charge on any atom is -0.486 e. The SMILES string of the molecule is O=Cc1ccc(-c2ccccc2)cc1Nc1ccc2c(c1)OCCO2. The summed E-state index contributed by atoms with van der Waals surface area (Å²) >= 11 is 0. The van der Waals surface area contributed by atoms with Gasteiger partial charge in [0.25, 0.3) is 0 Å². The van der Waals surface area contributed by atoms with Crippen LogP contribution in [-0.4, -0.2) is 19.5 Å². The van der Waals surface area contributed by atoms with Crippen molar-refractivity contribution in [3.8, 4) is 22.6 Å². The Hall–Kier alpha value is -3.27. The van der Waals surface area contributed by atoms with Gasteiger partial charge in [-0.05, 0) is 35.4 Å². The molecule has 0 saturated carbocycles. The van der Waals surface area contributed by atoms with Crippen molar-refractivity contribution in [3.63, 3.8) is 0 Å². The first-order valence-corrected chi connectivity index (χ1v) is 8.15. The van der Waals surface area contributed by atoms with Crippen LogP contribution in [0, 0.1) is 0 Å². The first-order valence-electron chi connectivity index (χ1n) is 8.15. The van der Waals surface area contributed by atoms with Crippen LogP contribution in [-0.2, 0) is 0 Å². The molecule has 0 radical (unpaired) electrons. The zero-order valence-corrected chi connectivity index (χ0v) is 13.6. The minimum absolute atomic E-state index is 0.541. The van der Waals surface area contributed by atoms with Gasteiger partial charge in [0.1, 0.15) is 13.2 Å². The van der Waals surface area contributed by atoms with Crippen molar-refractivity contribution in [1.29, 1.82) is 0 Å². The molecule has 0 aromatic heterocycles. The van der Waals surface area contributed by atoms with Gasteiger partial charge in [0.05, 0.1) is 0 Å². The average molecular weight is 331 g/mol. The van der Waals surface area contributed by atoms with E-state index in [1.165, 1.54) is 0 Å². The third-order valence-electron chi connectivity index (χ3n) is 4.11. The van der Waals surface area contributed by atoms with Gasteiger partial charge in [-0.3, -0.25) is 4.79 Å². The molecule has 0 aliphatic carbocycles. The minimum atomic E-state index is 0.541. The van der Waals surface area contributed by atoms with Gasteiger partial charge in [0.2, 0.25) is 0 Å². The molecule has 0 saturated heterocycles. The maximum absolute atomic E-state index is 11.4. The summed E-state index contributed by atoms with van der Waals surface area (Å²) in [6.45, 7) is 1.10. The van der Waals surface area contributed by atoms with Gasteiger partial charge < -0.3 is 14.8 Å². The molecule has 4 heteroatoms. The van der Waals surface area contributed by atoms with E-state index < -0.39 is 0 Å². The highest BCUT2D eigenvalue weighted by Gasteiger charge is 2.12. The summed E-state index contributed by atoms with van der Waals surface area (Å²) in [6, 6.07) is 21.5. The van der Waals surface area contributed by atoms with Crippen LogP contribution in [0.3, 0.4) is 0 Å². The predicted octanol–water partition coefficient (Wildman–Crippen LogP) is 4.68. The first kappa shape index (κ1) is 15.3. The smallest absolute Gasteiger partial charge is 0.163 e. The number of fused-ring (bicyclic) bond motifs is 1. The summed E-state index contributed by atoms with van der Waals surface area (Å²) in [5.41, 5.74) is 4.36. The summed E-state index contributed by atoms with van der Waals surface area (Å²) in [4.78, 5) is 11.4. The molecule has 25 heavy (non-hydrogen) atoms. The van der Waals surface area contributed by atoms with Crippen LogP contribution in [0.4, 0.5) is 11.4 Å². The van der Waals surface area contributed by atoms with E-state index in [4.69, 9.17) is 9.47 Å². The van der Waals surface area contributed by atoms with Crippen LogP contribution in [0.15, 0.2) is 66.7 Å². The molecular formula is C21H17NO3. The standard InChI is InChI=1S/C21H17NO3/c23-14-17-7-6-16(15-4-2-1-3-5-15)12-19(17)22-18-8-9-20-21(13-18)25-11-10-24-20/h1-9,12-14,22H,10-11H2. The van der Waals surface area contributed by atoms with E-state index in [0.29, 0.717) is 24.5 Å². The number of ether oxygens (including phenoxy) is 2. The van der Waals surface area contributed by atoms with Gasteiger partial charge in [-0.1, -0.05) is 36.4 Å². The Labute approximate surface area is 146 Å². The van der Waals surface area contributed by atoms with Crippen molar-refractivity contribution < 1.29 is 14.3 Å². The molecule has 4 rings (SSSR count). The molecule has 3 aromatic rings. The molecule has 0 unspecified atom stereocenters. The maximum Gasteiger partial charge on any atom is 0.163 e. The van der Waals surface area contributed by atoms with Crippen molar-refractivity contribution in [3.05, 3.63) is 72.3 Å². The molecule has 0 spiro atoms. The lowest BCUT2D eigenvalue weighted by molar-refractivity contribution is 0.112. The number of anilines is 2. The monoisotopic (exact) mass is 331 g/mol. The summed E-state index contributed by atoms with van der Waals surface area (Å²) < 4.78 is 11.2. The van der Waals surface area contributed by atoms with Gasteiger partial charge in [-0.2, -0.15) is 0 Å². The van der Waals surface area contributed by atoms with Crippen molar-refractivity contribution >= 4 is 17.7 Å². The summed E-state index contributed by atoms with van der Waals surface area (Å²) in [7, 11) is 0. The first-order chi connectivity index (χ1) is 12.3.